The van der Waals surface area contributed by atoms with E-state index in [1.54, 1.807) is 0 Å². The van der Waals surface area contributed by atoms with E-state index in [0.29, 0.717) is 0 Å². The maximum absolute atomic E-state index is 4.64. The Kier molecular flexibility index (Phi) is 3.61. The maximum Gasteiger partial charge on any atom is 0.0962 e. The van der Waals surface area contributed by atoms with Crippen LogP contribution in [-0.4, -0.2) is 19.3 Å². The first-order valence-corrected chi connectivity index (χ1v) is 7.67. The monoisotopic (exact) mass is 332 g/mol. The summed E-state index contributed by atoms with van der Waals surface area (Å²) in [6, 6.07) is 8.20. The number of nitrogens with zero attached hydrogens (tertiary/aromatic N) is 4. The van der Waals surface area contributed by atoms with Crippen LogP contribution < -0.4 is 0 Å². The second kappa shape index (κ2) is 5.40. The summed E-state index contributed by atoms with van der Waals surface area (Å²) in [6.07, 6.45) is 2.83. The van der Waals surface area contributed by atoms with Gasteiger partial charge in [-0.2, -0.15) is 5.10 Å². The highest BCUT2D eigenvalue weighted by molar-refractivity contribution is 9.10. The van der Waals surface area contributed by atoms with Crippen LogP contribution in [0.1, 0.15) is 25.2 Å². The SMILES string of the molecule is CCc1nn(CC)c(Cn2cnc3ccccc32)c1Br. The minimum atomic E-state index is 0.780. The van der Waals surface area contributed by atoms with Crippen LogP contribution in [0.4, 0.5) is 0 Å². The molecule has 0 saturated heterocycles. The van der Waals surface area contributed by atoms with Crippen molar-refractivity contribution in [2.45, 2.75) is 33.4 Å². The van der Waals surface area contributed by atoms with Crippen LogP contribution in [0.5, 0.6) is 0 Å². The Morgan fingerprint density at radius 3 is 2.75 bits per heavy atom. The van der Waals surface area contributed by atoms with Crippen molar-refractivity contribution >= 4 is 27.0 Å². The first-order valence-electron chi connectivity index (χ1n) is 6.88. The van der Waals surface area contributed by atoms with Gasteiger partial charge in [0, 0.05) is 6.54 Å². The Morgan fingerprint density at radius 2 is 2.00 bits per heavy atom. The third kappa shape index (κ3) is 2.16. The van der Waals surface area contributed by atoms with Crippen LogP contribution in [0.25, 0.3) is 11.0 Å². The number of halogens is 1. The molecule has 0 aliphatic heterocycles. The van der Waals surface area contributed by atoms with Crippen molar-refractivity contribution in [3.8, 4) is 0 Å². The minimum Gasteiger partial charge on any atom is -0.324 e. The van der Waals surface area contributed by atoms with Crippen molar-refractivity contribution in [3.63, 3.8) is 0 Å². The van der Waals surface area contributed by atoms with E-state index in [-0.39, 0.29) is 0 Å². The highest BCUT2D eigenvalue weighted by Crippen LogP contribution is 2.24. The van der Waals surface area contributed by atoms with Gasteiger partial charge in [-0.05, 0) is 41.4 Å². The van der Waals surface area contributed by atoms with Crippen LogP contribution >= 0.6 is 15.9 Å². The van der Waals surface area contributed by atoms with Crippen molar-refractivity contribution in [2.24, 2.45) is 0 Å². The highest BCUT2D eigenvalue weighted by atomic mass is 79.9. The molecule has 2 aromatic heterocycles. The Labute approximate surface area is 126 Å². The molecule has 0 fully saturated rings. The second-order valence-corrected chi connectivity index (χ2v) is 5.53. The molecule has 0 saturated carbocycles. The molecule has 20 heavy (non-hydrogen) atoms. The maximum atomic E-state index is 4.64. The molecular formula is C15H17BrN4. The Bertz CT molecular complexity index is 741. The standard InChI is InChI=1S/C15H17BrN4/c1-3-11-15(16)14(20(4-2)18-11)9-19-10-17-12-7-5-6-8-13(12)19/h5-8,10H,3-4,9H2,1-2H3. The molecule has 2 heterocycles. The van der Waals surface area contributed by atoms with Crippen molar-refractivity contribution in [2.75, 3.05) is 0 Å². The lowest BCUT2D eigenvalue weighted by atomic mass is 10.3. The molecular weight excluding hydrogens is 316 g/mol. The van der Waals surface area contributed by atoms with Crippen LogP contribution in [-0.2, 0) is 19.5 Å². The quantitative estimate of drug-likeness (QED) is 0.731. The summed E-state index contributed by atoms with van der Waals surface area (Å²) in [5.74, 6) is 0. The molecule has 0 amide bonds. The summed E-state index contributed by atoms with van der Waals surface area (Å²) in [4.78, 5) is 4.44. The van der Waals surface area contributed by atoms with Gasteiger partial charge in [0.25, 0.3) is 0 Å². The number of rotatable bonds is 4. The van der Waals surface area contributed by atoms with E-state index in [0.717, 1.165) is 40.7 Å². The molecule has 0 atom stereocenters. The molecule has 4 nitrogen and oxygen atoms in total. The van der Waals surface area contributed by atoms with Crippen LogP contribution in [0.3, 0.4) is 0 Å². The van der Waals surface area contributed by atoms with E-state index >= 15 is 0 Å². The number of imidazole rings is 1. The normalized spacial score (nSPS) is 11.3. The molecule has 5 heteroatoms. The van der Waals surface area contributed by atoms with Gasteiger partial charge in [-0.15, -0.1) is 0 Å². The smallest absolute Gasteiger partial charge is 0.0962 e. The summed E-state index contributed by atoms with van der Waals surface area (Å²) >= 11 is 3.70. The topological polar surface area (TPSA) is 35.6 Å². The van der Waals surface area contributed by atoms with E-state index < -0.39 is 0 Å². The zero-order valence-electron chi connectivity index (χ0n) is 11.7. The van der Waals surface area contributed by atoms with E-state index in [2.05, 4.69) is 55.2 Å². The number of benzene rings is 1. The fourth-order valence-electron chi connectivity index (χ4n) is 2.47. The summed E-state index contributed by atoms with van der Waals surface area (Å²) < 4.78 is 5.36. The molecule has 1 aromatic carbocycles. The number of aromatic nitrogens is 4. The molecule has 0 spiro atoms. The third-order valence-electron chi connectivity index (χ3n) is 3.54. The van der Waals surface area contributed by atoms with Crippen molar-refractivity contribution in [1.29, 1.82) is 0 Å². The van der Waals surface area contributed by atoms with E-state index in [1.807, 2.05) is 24.5 Å². The molecule has 3 rings (SSSR count). The van der Waals surface area contributed by atoms with Gasteiger partial charge in [0.05, 0.1) is 39.8 Å². The lowest BCUT2D eigenvalue weighted by Crippen LogP contribution is -2.07. The number of hydrogen-bond acceptors (Lipinski definition) is 2. The molecule has 0 unspecified atom stereocenters. The summed E-state index contributed by atoms with van der Waals surface area (Å²) in [5.41, 5.74) is 4.50. The van der Waals surface area contributed by atoms with Crippen LogP contribution in [0.15, 0.2) is 35.1 Å². The zero-order chi connectivity index (χ0) is 14.1. The van der Waals surface area contributed by atoms with Crippen molar-refractivity contribution < 1.29 is 0 Å². The fourth-order valence-corrected chi connectivity index (χ4v) is 3.16. The molecule has 104 valence electrons. The predicted molar refractivity (Wildman–Crippen MR) is 83.8 cm³/mol. The van der Waals surface area contributed by atoms with Gasteiger partial charge in [-0.25, -0.2) is 4.98 Å². The van der Waals surface area contributed by atoms with Crippen LogP contribution in [0, 0.1) is 0 Å². The van der Waals surface area contributed by atoms with Gasteiger partial charge in [0.15, 0.2) is 0 Å². The Morgan fingerprint density at radius 1 is 1.20 bits per heavy atom. The zero-order valence-corrected chi connectivity index (χ0v) is 13.3. The van der Waals surface area contributed by atoms with Crippen LogP contribution in [0.2, 0.25) is 0 Å². The number of fused-ring (bicyclic) bond motifs is 1. The fraction of sp³-hybridized carbons (Fsp3) is 0.333. The number of para-hydroxylation sites is 2. The van der Waals surface area contributed by atoms with Gasteiger partial charge in [-0.1, -0.05) is 19.1 Å². The van der Waals surface area contributed by atoms with E-state index in [4.69, 9.17) is 0 Å². The Balaban J connectivity index is 2.04. The average Bonchev–Trinajstić information content (AvgIpc) is 3.02. The molecule has 3 aromatic rings. The van der Waals surface area contributed by atoms with Gasteiger partial charge in [0.1, 0.15) is 0 Å². The lowest BCUT2D eigenvalue weighted by molar-refractivity contribution is 0.597. The predicted octanol–water partition coefficient (Wildman–Crippen LogP) is 3.63. The van der Waals surface area contributed by atoms with E-state index in [1.165, 1.54) is 5.69 Å². The lowest BCUT2D eigenvalue weighted by Gasteiger charge is -2.07. The number of aryl methyl sites for hydroxylation is 2. The average molecular weight is 333 g/mol. The molecule has 0 radical (unpaired) electrons. The Hall–Kier alpha value is -1.62. The van der Waals surface area contributed by atoms with Crippen molar-refractivity contribution in [1.82, 2.24) is 19.3 Å². The van der Waals surface area contributed by atoms with Gasteiger partial charge in [-0.3, -0.25) is 4.68 Å². The first-order chi connectivity index (χ1) is 9.74. The second-order valence-electron chi connectivity index (χ2n) is 4.74. The highest BCUT2D eigenvalue weighted by Gasteiger charge is 2.15. The largest absolute Gasteiger partial charge is 0.324 e. The van der Waals surface area contributed by atoms with E-state index in [9.17, 15) is 0 Å². The summed E-state index contributed by atoms with van der Waals surface area (Å²) in [7, 11) is 0. The molecule has 0 aliphatic rings. The van der Waals surface area contributed by atoms with Gasteiger partial charge < -0.3 is 4.57 Å². The summed E-state index contributed by atoms with van der Waals surface area (Å²) in [6.45, 7) is 5.90. The molecule has 0 N–H and O–H groups in total. The van der Waals surface area contributed by atoms with Crippen molar-refractivity contribution in [3.05, 3.63) is 46.5 Å². The summed E-state index contributed by atoms with van der Waals surface area (Å²) in [5, 5.41) is 4.64. The first kappa shape index (κ1) is 13.4. The van der Waals surface area contributed by atoms with Gasteiger partial charge >= 0.3 is 0 Å². The third-order valence-corrected chi connectivity index (χ3v) is 4.46. The minimum absolute atomic E-state index is 0.780. The molecule has 0 aliphatic carbocycles. The molecule has 0 bridgehead atoms. The van der Waals surface area contributed by atoms with Gasteiger partial charge in [0.2, 0.25) is 0 Å². The number of hydrogen-bond donors (Lipinski definition) is 0.